The number of carbonyl (C=O) groups is 2. The summed E-state index contributed by atoms with van der Waals surface area (Å²) in [4.78, 5) is 23.0. The summed E-state index contributed by atoms with van der Waals surface area (Å²) in [5, 5.41) is 5.71. The minimum Gasteiger partial charge on any atom is -0.460 e. The summed E-state index contributed by atoms with van der Waals surface area (Å²) in [5.41, 5.74) is 1.94. The number of rotatable bonds is 3. The Morgan fingerprint density at radius 1 is 1.19 bits per heavy atom. The van der Waals surface area contributed by atoms with Gasteiger partial charge in [-0.3, -0.25) is 9.59 Å². The zero-order chi connectivity index (χ0) is 15.2. The Morgan fingerprint density at radius 3 is 2.62 bits per heavy atom. The molecule has 0 unspecified atom stereocenters. The van der Waals surface area contributed by atoms with Crippen LogP contribution in [0.5, 0.6) is 0 Å². The maximum Gasteiger partial charge on any atom is 0.329 e. The van der Waals surface area contributed by atoms with Crippen molar-refractivity contribution >= 4 is 23.7 Å². The Morgan fingerprint density at radius 2 is 1.95 bits per heavy atom. The van der Waals surface area contributed by atoms with Gasteiger partial charge in [-0.25, -0.2) is 9.82 Å². The van der Waals surface area contributed by atoms with Gasteiger partial charge in [0.15, 0.2) is 0 Å². The monoisotopic (exact) mass is 289 g/mol. The number of hydrogen-bond donors (Lipinski definition) is 2. The van der Waals surface area contributed by atoms with Crippen molar-refractivity contribution in [2.75, 3.05) is 5.32 Å². The van der Waals surface area contributed by atoms with E-state index in [1.54, 1.807) is 19.1 Å². The van der Waals surface area contributed by atoms with Gasteiger partial charge in [-0.15, -0.1) is 0 Å². The first kappa shape index (κ1) is 14.4. The van der Waals surface area contributed by atoms with Crippen LogP contribution < -0.4 is 10.7 Å². The molecule has 6 nitrogen and oxygen atoms in total. The molecule has 7 heteroatoms. The van der Waals surface area contributed by atoms with Crippen molar-refractivity contribution in [2.45, 2.75) is 6.92 Å². The fraction of sp³-hybridized carbons (Fsp3) is 0.0714. The normalized spacial score (nSPS) is 10.6. The summed E-state index contributed by atoms with van der Waals surface area (Å²) >= 11 is 0. The number of halogens is 1. The molecule has 1 aromatic heterocycles. The summed E-state index contributed by atoms with van der Waals surface area (Å²) < 4.78 is 18.5. The molecule has 2 rings (SSSR count). The van der Waals surface area contributed by atoms with Gasteiger partial charge < -0.3 is 9.73 Å². The van der Waals surface area contributed by atoms with E-state index >= 15 is 0 Å². The first-order chi connectivity index (χ1) is 10.1. The largest absolute Gasteiger partial charge is 0.460 e. The van der Waals surface area contributed by atoms with Crippen molar-refractivity contribution < 1.29 is 18.4 Å². The molecule has 21 heavy (non-hydrogen) atoms. The van der Waals surface area contributed by atoms with Gasteiger partial charge in [-0.2, -0.15) is 5.10 Å². The maximum atomic E-state index is 13.3. The molecule has 0 saturated carbocycles. The number of aryl methyl sites for hydroxylation is 1. The average Bonchev–Trinajstić information content (AvgIpc) is 2.87. The number of furan rings is 1. The molecule has 0 atom stereocenters. The summed E-state index contributed by atoms with van der Waals surface area (Å²) in [5.74, 6) is -1.54. The summed E-state index contributed by atoms with van der Waals surface area (Å²) in [6, 6.07) is 8.91. The quantitative estimate of drug-likeness (QED) is 0.513. The fourth-order valence-electron chi connectivity index (χ4n) is 1.47. The number of hydrogen-bond acceptors (Lipinski definition) is 4. The summed E-state index contributed by atoms with van der Waals surface area (Å²) in [7, 11) is 0. The number of para-hydroxylation sites is 1. The third-order valence-corrected chi connectivity index (χ3v) is 2.45. The molecule has 1 heterocycles. The van der Waals surface area contributed by atoms with Crippen molar-refractivity contribution in [1.29, 1.82) is 0 Å². The smallest absolute Gasteiger partial charge is 0.329 e. The molecule has 0 aliphatic heterocycles. The molecule has 1 aromatic carbocycles. The molecular formula is C14H12FN3O3. The molecule has 0 saturated heterocycles. The molecule has 2 N–H and O–H groups in total. The summed E-state index contributed by atoms with van der Waals surface area (Å²) in [6.45, 7) is 1.76. The molecule has 0 spiro atoms. The predicted molar refractivity (Wildman–Crippen MR) is 74.2 cm³/mol. The van der Waals surface area contributed by atoms with Crippen LogP contribution in [-0.4, -0.2) is 18.0 Å². The SMILES string of the molecule is Cc1ccc(/C=N\NC(=O)C(=O)Nc2ccccc2F)o1. The van der Waals surface area contributed by atoms with Gasteiger partial charge in [0.1, 0.15) is 17.3 Å². The van der Waals surface area contributed by atoms with E-state index < -0.39 is 17.6 Å². The highest BCUT2D eigenvalue weighted by Gasteiger charge is 2.14. The van der Waals surface area contributed by atoms with Crippen LogP contribution in [0, 0.1) is 12.7 Å². The fourth-order valence-corrected chi connectivity index (χ4v) is 1.47. The zero-order valence-corrected chi connectivity index (χ0v) is 11.1. The van der Waals surface area contributed by atoms with Gasteiger partial charge >= 0.3 is 11.8 Å². The second-order valence-electron chi connectivity index (χ2n) is 4.08. The minimum absolute atomic E-state index is 0.0803. The van der Waals surface area contributed by atoms with E-state index in [0.29, 0.717) is 11.5 Å². The van der Waals surface area contributed by atoms with Crippen LogP contribution in [0.15, 0.2) is 45.9 Å². The third kappa shape index (κ3) is 4.00. The molecule has 0 fully saturated rings. The third-order valence-electron chi connectivity index (χ3n) is 2.45. The van der Waals surface area contributed by atoms with Crippen LogP contribution >= 0.6 is 0 Å². The maximum absolute atomic E-state index is 13.3. The van der Waals surface area contributed by atoms with E-state index in [2.05, 4.69) is 10.4 Å². The highest BCUT2D eigenvalue weighted by Crippen LogP contribution is 2.11. The van der Waals surface area contributed by atoms with E-state index in [1.807, 2.05) is 5.43 Å². The Bertz CT molecular complexity index is 694. The van der Waals surface area contributed by atoms with Crippen LogP contribution in [0.2, 0.25) is 0 Å². The van der Waals surface area contributed by atoms with Gasteiger partial charge in [0.2, 0.25) is 0 Å². The van der Waals surface area contributed by atoms with E-state index in [-0.39, 0.29) is 5.69 Å². The van der Waals surface area contributed by atoms with Crippen molar-refractivity contribution in [2.24, 2.45) is 5.10 Å². The van der Waals surface area contributed by atoms with Gasteiger partial charge in [-0.1, -0.05) is 12.1 Å². The number of carbonyl (C=O) groups excluding carboxylic acids is 2. The van der Waals surface area contributed by atoms with Gasteiger partial charge in [0.25, 0.3) is 0 Å². The topological polar surface area (TPSA) is 83.7 Å². The lowest BCUT2D eigenvalue weighted by molar-refractivity contribution is -0.136. The van der Waals surface area contributed by atoms with Crippen molar-refractivity contribution in [3.8, 4) is 0 Å². The first-order valence-corrected chi connectivity index (χ1v) is 6.01. The molecule has 0 aliphatic carbocycles. The number of anilines is 1. The van der Waals surface area contributed by atoms with E-state index in [4.69, 9.17) is 4.42 Å². The molecule has 2 aromatic rings. The number of nitrogens with one attached hydrogen (secondary N) is 2. The lowest BCUT2D eigenvalue weighted by Gasteiger charge is -2.04. The molecule has 0 bridgehead atoms. The highest BCUT2D eigenvalue weighted by atomic mass is 19.1. The average molecular weight is 289 g/mol. The Balaban J connectivity index is 1.90. The molecule has 2 amide bonds. The van der Waals surface area contributed by atoms with Crippen LogP contribution in [0.4, 0.5) is 10.1 Å². The van der Waals surface area contributed by atoms with Gasteiger partial charge in [0, 0.05) is 0 Å². The Hall–Kier alpha value is -2.96. The number of nitrogens with zero attached hydrogens (tertiary/aromatic N) is 1. The van der Waals surface area contributed by atoms with Gasteiger partial charge in [0.05, 0.1) is 11.9 Å². The molecule has 0 radical (unpaired) electrons. The predicted octanol–water partition coefficient (Wildman–Crippen LogP) is 1.82. The number of amides is 2. The molecular weight excluding hydrogens is 277 g/mol. The van der Waals surface area contributed by atoms with Crippen molar-refractivity contribution in [3.05, 3.63) is 53.7 Å². The molecule has 0 aliphatic rings. The lowest BCUT2D eigenvalue weighted by atomic mass is 10.3. The summed E-state index contributed by atoms with van der Waals surface area (Å²) in [6.07, 6.45) is 1.25. The van der Waals surface area contributed by atoms with Gasteiger partial charge in [-0.05, 0) is 31.2 Å². The minimum atomic E-state index is -1.02. The van der Waals surface area contributed by atoms with Crippen molar-refractivity contribution in [1.82, 2.24) is 5.43 Å². The van der Waals surface area contributed by atoms with E-state index in [9.17, 15) is 14.0 Å². The van der Waals surface area contributed by atoms with E-state index in [0.717, 1.165) is 0 Å². The van der Waals surface area contributed by atoms with Crippen molar-refractivity contribution in [3.63, 3.8) is 0 Å². The van der Waals surface area contributed by atoms with Crippen LogP contribution in [0.3, 0.4) is 0 Å². The lowest BCUT2D eigenvalue weighted by Crippen LogP contribution is -2.32. The first-order valence-electron chi connectivity index (χ1n) is 6.01. The Kier molecular flexibility index (Phi) is 4.45. The van der Waals surface area contributed by atoms with Crippen LogP contribution in [-0.2, 0) is 9.59 Å². The Labute approximate surface area is 119 Å². The van der Waals surface area contributed by atoms with Crippen LogP contribution in [0.25, 0.3) is 0 Å². The second kappa shape index (κ2) is 6.47. The number of hydrazone groups is 1. The number of benzene rings is 1. The molecule has 108 valence electrons. The zero-order valence-electron chi connectivity index (χ0n) is 11.1. The van der Waals surface area contributed by atoms with Crippen LogP contribution in [0.1, 0.15) is 11.5 Å². The second-order valence-corrected chi connectivity index (χ2v) is 4.08. The van der Waals surface area contributed by atoms with E-state index in [1.165, 1.54) is 30.5 Å². The standard InChI is InChI=1S/C14H12FN3O3/c1-9-6-7-10(21-9)8-16-18-14(20)13(19)17-12-5-3-2-4-11(12)15/h2-8H,1H3,(H,17,19)(H,18,20)/b16-8-. The highest BCUT2D eigenvalue weighted by molar-refractivity contribution is 6.39.